The quantitative estimate of drug-likeness (QED) is 0.687. The maximum absolute atomic E-state index is 3.43. The second kappa shape index (κ2) is 4.58. The highest BCUT2D eigenvalue weighted by Crippen LogP contribution is 2.41. The van der Waals surface area contributed by atoms with Crippen molar-refractivity contribution >= 4 is 43.6 Å². The van der Waals surface area contributed by atoms with Gasteiger partial charge >= 0.3 is 0 Å². The highest BCUT2D eigenvalue weighted by Gasteiger charge is 2.07. The summed E-state index contributed by atoms with van der Waals surface area (Å²) in [7, 11) is 3.85. The summed E-state index contributed by atoms with van der Waals surface area (Å²) in [5.41, 5.74) is 1.30. The Morgan fingerprint density at radius 2 is 2.00 bits per heavy atom. The molecule has 3 heteroatoms. The summed E-state index contributed by atoms with van der Waals surface area (Å²) < 4.78 is 1.14. The molecule has 1 aliphatic rings. The topological polar surface area (TPSA) is 0 Å². The minimum atomic E-state index is 1.14. The van der Waals surface area contributed by atoms with E-state index in [-0.39, 0.29) is 0 Å². The molecule has 0 radical (unpaired) electrons. The van der Waals surface area contributed by atoms with Crippen LogP contribution in [0.3, 0.4) is 0 Å². The molecule has 1 saturated heterocycles. The van der Waals surface area contributed by atoms with Gasteiger partial charge in [-0.1, -0.05) is 49.7 Å². The van der Waals surface area contributed by atoms with E-state index in [0.717, 1.165) is 4.47 Å². The fourth-order valence-corrected chi connectivity index (χ4v) is 3.79. The molecule has 13 heavy (non-hydrogen) atoms. The first-order valence-electron chi connectivity index (χ1n) is 4.10. The lowest BCUT2D eigenvalue weighted by Crippen LogP contribution is -1.74. The summed E-state index contributed by atoms with van der Waals surface area (Å²) in [6, 6.07) is 8.44. The largest absolute Gasteiger partial charge is 0.0889 e. The van der Waals surface area contributed by atoms with Gasteiger partial charge in [-0.15, -0.1) is 0 Å². The summed E-state index contributed by atoms with van der Waals surface area (Å²) >= 11 is 3.43. The molecule has 1 aromatic carbocycles. The Bertz CT molecular complexity index is 308. The van der Waals surface area contributed by atoms with Crippen LogP contribution in [0.15, 0.2) is 33.6 Å². The third kappa shape index (κ3) is 2.79. The predicted octanol–water partition coefficient (Wildman–Crippen LogP) is 4.58. The van der Waals surface area contributed by atoms with E-state index in [9.17, 15) is 0 Å². The summed E-state index contributed by atoms with van der Waals surface area (Å²) in [6.07, 6.45) is 3.50. The molecule has 68 valence electrons. The lowest BCUT2D eigenvalue weighted by molar-refractivity contribution is 1.25. The highest BCUT2D eigenvalue weighted by atomic mass is 79.9. The van der Waals surface area contributed by atoms with Crippen molar-refractivity contribution in [2.24, 2.45) is 0 Å². The van der Waals surface area contributed by atoms with Gasteiger partial charge in [0.1, 0.15) is 0 Å². The molecule has 0 nitrogen and oxygen atoms in total. The third-order valence-corrected chi connectivity index (χ3v) is 4.84. The van der Waals surface area contributed by atoms with Crippen LogP contribution >= 0.6 is 37.5 Å². The Balaban J connectivity index is 2.17. The fraction of sp³-hybridized carbons (Fsp3) is 0.200. The van der Waals surface area contributed by atoms with Gasteiger partial charge in [0.25, 0.3) is 0 Å². The summed E-state index contributed by atoms with van der Waals surface area (Å²) in [5.74, 6) is 1.26. The predicted molar refractivity (Wildman–Crippen MR) is 66.8 cm³/mol. The lowest BCUT2D eigenvalue weighted by Gasteiger charge is -1.96. The number of rotatable bonds is 1. The first-order chi connectivity index (χ1) is 6.34. The molecule has 0 amide bonds. The molecule has 0 spiro atoms. The lowest BCUT2D eigenvalue weighted by atomic mass is 10.2. The summed E-state index contributed by atoms with van der Waals surface area (Å²) in [4.78, 5) is 1.49. The molecule has 2 rings (SSSR count). The van der Waals surface area contributed by atoms with E-state index >= 15 is 0 Å². The Kier molecular flexibility index (Phi) is 3.41. The smallest absolute Gasteiger partial charge is 0.0175 e. The average Bonchev–Trinajstić information content (AvgIpc) is 2.62. The van der Waals surface area contributed by atoms with Crippen LogP contribution < -0.4 is 0 Å². The zero-order valence-corrected chi connectivity index (χ0v) is 10.2. The van der Waals surface area contributed by atoms with Crippen LogP contribution in [-0.2, 0) is 0 Å². The minimum absolute atomic E-state index is 1.14. The molecular weight excluding hydrogens is 264 g/mol. The van der Waals surface area contributed by atoms with Crippen molar-refractivity contribution in [3.05, 3.63) is 39.2 Å². The van der Waals surface area contributed by atoms with Gasteiger partial charge in [0, 0.05) is 10.2 Å². The van der Waals surface area contributed by atoms with E-state index in [1.54, 1.807) is 0 Å². The van der Waals surface area contributed by atoms with Crippen molar-refractivity contribution in [1.29, 1.82) is 0 Å². The Hall–Kier alpha value is 0.140. The Morgan fingerprint density at radius 1 is 1.23 bits per heavy atom. The molecule has 1 aromatic rings. The van der Waals surface area contributed by atoms with Crippen molar-refractivity contribution in [2.75, 3.05) is 5.75 Å². The van der Waals surface area contributed by atoms with Crippen molar-refractivity contribution in [3.63, 3.8) is 0 Å². The first kappa shape index (κ1) is 9.69. The fourth-order valence-electron chi connectivity index (χ4n) is 1.14. The van der Waals surface area contributed by atoms with Crippen molar-refractivity contribution in [3.8, 4) is 0 Å². The van der Waals surface area contributed by atoms with E-state index in [4.69, 9.17) is 0 Å². The summed E-state index contributed by atoms with van der Waals surface area (Å²) in [5, 5.41) is 0. The molecule has 1 fully saturated rings. The van der Waals surface area contributed by atoms with Gasteiger partial charge in [0.05, 0.1) is 0 Å². The zero-order chi connectivity index (χ0) is 9.10. The number of benzene rings is 1. The first-order valence-corrected chi connectivity index (χ1v) is 7.21. The third-order valence-electron chi connectivity index (χ3n) is 1.80. The molecule has 1 heterocycles. The van der Waals surface area contributed by atoms with Gasteiger partial charge < -0.3 is 0 Å². The molecule has 0 saturated carbocycles. The Morgan fingerprint density at radius 3 is 2.62 bits per heavy atom. The van der Waals surface area contributed by atoms with Gasteiger partial charge in [-0.05, 0) is 35.1 Å². The van der Waals surface area contributed by atoms with E-state index in [1.807, 2.05) is 21.6 Å². The van der Waals surface area contributed by atoms with Gasteiger partial charge in [-0.2, -0.15) is 0 Å². The molecule has 0 bridgehead atoms. The van der Waals surface area contributed by atoms with Crippen LogP contribution in [0.25, 0.3) is 6.08 Å². The number of halogens is 1. The van der Waals surface area contributed by atoms with E-state index in [2.05, 4.69) is 46.3 Å². The second-order valence-electron chi connectivity index (χ2n) is 2.82. The molecule has 0 aromatic heterocycles. The maximum Gasteiger partial charge on any atom is 0.0175 e. The molecule has 0 aliphatic carbocycles. The molecule has 0 atom stereocenters. The van der Waals surface area contributed by atoms with Crippen molar-refractivity contribution in [2.45, 2.75) is 6.42 Å². The standard InChI is InChI=1S/C10H9BrS2/c11-9-3-1-8(2-4-9)7-10-5-6-12-13-10/h1-4,7H,5-6H2/b10-7-. The van der Waals surface area contributed by atoms with Crippen molar-refractivity contribution in [1.82, 2.24) is 0 Å². The minimum Gasteiger partial charge on any atom is -0.0889 e. The number of hydrogen-bond acceptors (Lipinski definition) is 2. The van der Waals surface area contributed by atoms with Crippen LogP contribution in [0.2, 0.25) is 0 Å². The average molecular weight is 273 g/mol. The molecule has 0 unspecified atom stereocenters. The number of allylic oxidation sites excluding steroid dienone is 1. The zero-order valence-electron chi connectivity index (χ0n) is 7.00. The Labute approximate surface area is 94.7 Å². The molecule has 1 aliphatic heterocycles. The normalized spacial score (nSPS) is 19.6. The molecular formula is C10H9BrS2. The van der Waals surface area contributed by atoms with Crippen LogP contribution in [0, 0.1) is 0 Å². The van der Waals surface area contributed by atoms with Crippen molar-refractivity contribution < 1.29 is 0 Å². The second-order valence-corrected chi connectivity index (χ2v) is 6.28. The molecule has 0 N–H and O–H groups in total. The van der Waals surface area contributed by atoms with E-state index < -0.39 is 0 Å². The van der Waals surface area contributed by atoms with Crippen LogP contribution in [0.1, 0.15) is 12.0 Å². The highest BCUT2D eigenvalue weighted by molar-refractivity contribution is 9.10. The SMILES string of the molecule is Brc1ccc(/C=C2/CCSS2)cc1. The van der Waals surface area contributed by atoms with Gasteiger partial charge in [0.2, 0.25) is 0 Å². The van der Waals surface area contributed by atoms with E-state index in [1.165, 1.54) is 22.6 Å². The van der Waals surface area contributed by atoms with Gasteiger partial charge in [0.15, 0.2) is 0 Å². The van der Waals surface area contributed by atoms with Crippen LogP contribution in [0.4, 0.5) is 0 Å². The van der Waals surface area contributed by atoms with Crippen LogP contribution in [-0.4, -0.2) is 5.75 Å². The summed E-state index contributed by atoms with van der Waals surface area (Å²) in [6.45, 7) is 0. The van der Waals surface area contributed by atoms with Gasteiger partial charge in [-0.3, -0.25) is 0 Å². The number of hydrogen-bond donors (Lipinski definition) is 0. The van der Waals surface area contributed by atoms with Crippen LogP contribution in [0.5, 0.6) is 0 Å². The monoisotopic (exact) mass is 272 g/mol. The maximum atomic E-state index is 3.43. The van der Waals surface area contributed by atoms with Gasteiger partial charge in [-0.25, -0.2) is 0 Å². The van der Waals surface area contributed by atoms with E-state index in [0.29, 0.717) is 0 Å².